The van der Waals surface area contributed by atoms with E-state index >= 15 is 0 Å². The van der Waals surface area contributed by atoms with Crippen molar-refractivity contribution in [1.82, 2.24) is 15.1 Å². The first-order chi connectivity index (χ1) is 10.7. The number of carbonyl (C=O) groups excluding carboxylic acids is 2. The van der Waals surface area contributed by atoms with Crippen molar-refractivity contribution in [3.05, 3.63) is 0 Å². The van der Waals surface area contributed by atoms with Crippen LogP contribution in [0.25, 0.3) is 0 Å². The van der Waals surface area contributed by atoms with E-state index in [9.17, 15) is 9.59 Å². The molecule has 126 valence electrons. The molecule has 22 heavy (non-hydrogen) atoms. The second kappa shape index (κ2) is 9.13. The van der Waals surface area contributed by atoms with Crippen molar-refractivity contribution in [3.63, 3.8) is 0 Å². The fourth-order valence-electron chi connectivity index (χ4n) is 3.55. The molecule has 2 rings (SSSR count). The van der Waals surface area contributed by atoms with Crippen molar-refractivity contribution in [2.45, 2.75) is 63.8 Å². The lowest BCUT2D eigenvalue weighted by molar-refractivity contribution is -0.127. The number of nitrogens with zero attached hydrogens (tertiary/aromatic N) is 2. The second-order valence-electron chi connectivity index (χ2n) is 6.75. The van der Waals surface area contributed by atoms with Gasteiger partial charge in [0.25, 0.3) is 0 Å². The molecule has 1 saturated carbocycles. The quantitative estimate of drug-likeness (QED) is 0.576. The minimum atomic E-state index is 0.111. The molecule has 1 saturated heterocycles. The second-order valence-corrected chi connectivity index (χ2v) is 6.75. The minimum absolute atomic E-state index is 0.111. The van der Waals surface area contributed by atoms with E-state index in [0.29, 0.717) is 25.6 Å². The Morgan fingerprint density at radius 3 is 2.59 bits per heavy atom. The Kier molecular flexibility index (Phi) is 7.16. The third kappa shape index (κ3) is 5.59. The smallest absolute Gasteiger partial charge is 0.234 e. The van der Waals surface area contributed by atoms with Crippen LogP contribution in [0.4, 0.5) is 0 Å². The Bertz CT molecular complexity index is 365. The van der Waals surface area contributed by atoms with Crippen LogP contribution in [0, 0.1) is 0 Å². The van der Waals surface area contributed by atoms with E-state index in [1.165, 1.54) is 38.5 Å². The van der Waals surface area contributed by atoms with Crippen LogP contribution in [0.3, 0.4) is 0 Å². The van der Waals surface area contributed by atoms with Gasteiger partial charge in [0.2, 0.25) is 11.8 Å². The zero-order valence-corrected chi connectivity index (χ0v) is 14.0. The lowest BCUT2D eigenvalue weighted by Crippen LogP contribution is -2.41. The number of likely N-dealkylation sites (N-methyl/N-ethyl adjacent to an activating group) is 1. The molecule has 2 amide bonds. The molecule has 1 N–H and O–H groups in total. The van der Waals surface area contributed by atoms with Crippen LogP contribution < -0.4 is 5.32 Å². The van der Waals surface area contributed by atoms with Crippen molar-refractivity contribution in [2.75, 3.05) is 33.2 Å². The van der Waals surface area contributed by atoms with Gasteiger partial charge < -0.3 is 10.2 Å². The SMILES string of the molecule is CN(CC(=O)NCCCN1CCCC1=O)C1CCCCCC1. The molecule has 5 heteroatoms. The molecule has 1 aliphatic heterocycles. The van der Waals surface area contributed by atoms with E-state index in [4.69, 9.17) is 0 Å². The highest BCUT2D eigenvalue weighted by Crippen LogP contribution is 2.20. The summed E-state index contributed by atoms with van der Waals surface area (Å²) < 4.78 is 0. The van der Waals surface area contributed by atoms with Gasteiger partial charge in [0.05, 0.1) is 6.54 Å². The standard InChI is InChI=1S/C17H31N3O2/c1-19(15-8-4-2-3-5-9-15)14-16(21)18-11-7-13-20-12-6-10-17(20)22/h15H,2-14H2,1H3,(H,18,21). The molecule has 5 nitrogen and oxygen atoms in total. The van der Waals surface area contributed by atoms with E-state index < -0.39 is 0 Å². The van der Waals surface area contributed by atoms with Crippen LogP contribution >= 0.6 is 0 Å². The third-order valence-electron chi connectivity index (χ3n) is 4.94. The Morgan fingerprint density at radius 2 is 1.95 bits per heavy atom. The van der Waals surface area contributed by atoms with Gasteiger partial charge in [-0.05, 0) is 32.7 Å². The van der Waals surface area contributed by atoms with Gasteiger partial charge in [-0.25, -0.2) is 0 Å². The van der Waals surface area contributed by atoms with E-state index in [2.05, 4.69) is 17.3 Å². The Balaban J connectivity index is 1.57. The van der Waals surface area contributed by atoms with Gasteiger partial charge in [0.15, 0.2) is 0 Å². The van der Waals surface area contributed by atoms with Crippen molar-refractivity contribution in [2.24, 2.45) is 0 Å². The molecule has 0 aromatic heterocycles. The first-order valence-electron chi connectivity index (χ1n) is 8.91. The molecule has 0 aromatic carbocycles. The van der Waals surface area contributed by atoms with Crippen molar-refractivity contribution < 1.29 is 9.59 Å². The Hall–Kier alpha value is -1.10. The predicted octanol–water partition coefficient (Wildman–Crippen LogP) is 1.77. The van der Waals surface area contributed by atoms with Crippen LogP contribution in [0.1, 0.15) is 57.8 Å². The molecule has 0 atom stereocenters. The highest BCUT2D eigenvalue weighted by molar-refractivity contribution is 5.78. The molecule has 0 aromatic rings. The molecule has 0 unspecified atom stereocenters. The summed E-state index contributed by atoms with van der Waals surface area (Å²) in [5.41, 5.74) is 0. The Morgan fingerprint density at radius 1 is 1.23 bits per heavy atom. The summed E-state index contributed by atoms with van der Waals surface area (Å²) >= 11 is 0. The fraction of sp³-hybridized carbons (Fsp3) is 0.882. The highest BCUT2D eigenvalue weighted by atomic mass is 16.2. The minimum Gasteiger partial charge on any atom is -0.355 e. The number of carbonyl (C=O) groups is 2. The molecule has 2 fully saturated rings. The fourth-order valence-corrected chi connectivity index (χ4v) is 3.55. The maximum Gasteiger partial charge on any atom is 0.234 e. The van der Waals surface area contributed by atoms with Gasteiger partial charge in [-0.2, -0.15) is 0 Å². The summed E-state index contributed by atoms with van der Waals surface area (Å²) in [4.78, 5) is 27.6. The Labute approximate surface area is 134 Å². The van der Waals surface area contributed by atoms with Crippen molar-refractivity contribution in [1.29, 1.82) is 0 Å². The molecule has 1 aliphatic carbocycles. The molecular weight excluding hydrogens is 278 g/mol. The first kappa shape index (κ1) is 17.3. The van der Waals surface area contributed by atoms with Crippen LogP contribution in [-0.2, 0) is 9.59 Å². The number of likely N-dealkylation sites (tertiary alicyclic amines) is 1. The average molecular weight is 309 g/mol. The molecule has 1 heterocycles. The first-order valence-corrected chi connectivity index (χ1v) is 8.91. The molecule has 2 aliphatic rings. The summed E-state index contributed by atoms with van der Waals surface area (Å²) in [6, 6.07) is 0.565. The summed E-state index contributed by atoms with van der Waals surface area (Å²) in [5.74, 6) is 0.374. The van der Waals surface area contributed by atoms with E-state index in [1.54, 1.807) is 0 Å². The highest BCUT2D eigenvalue weighted by Gasteiger charge is 2.20. The van der Waals surface area contributed by atoms with Crippen LogP contribution in [0.15, 0.2) is 0 Å². The summed E-state index contributed by atoms with van der Waals surface area (Å²) in [7, 11) is 2.07. The maximum absolute atomic E-state index is 12.0. The lowest BCUT2D eigenvalue weighted by atomic mass is 10.1. The van der Waals surface area contributed by atoms with Gasteiger partial charge in [-0.1, -0.05) is 25.7 Å². The number of rotatable bonds is 7. The zero-order chi connectivity index (χ0) is 15.8. The van der Waals surface area contributed by atoms with Gasteiger partial charge in [-0.3, -0.25) is 14.5 Å². The van der Waals surface area contributed by atoms with Crippen molar-refractivity contribution >= 4 is 11.8 Å². The number of amides is 2. The zero-order valence-electron chi connectivity index (χ0n) is 14.0. The molecule has 0 spiro atoms. The summed E-state index contributed by atoms with van der Waals surface area (Å²) in [6.45, 7) is 2.82. The monoisotopic (exact) mass is 309 g/mol. The van der Waals surface area contributed by atoms with Gasteiger partial charge in [-0.15, -0.1) is 0 Å². The topological polar surface area (TPSA) is 52.7 Å². The lowest BCUT2D eigenvalue weighted by Gasteiger charge is -2.26. The number of hydrogen-bond acceptors (Lipinski definition) is 3. The number of nitrogens with one attached hydrogen (secondary N) is 1. The predicted molar refractivity (Wildman–Crippen MR) is 87.6 cm³/mol. The summed E-state index contributed by atoms with van der Waals surface area (Å²) in [5, 5.41) is 2.99. The average Bonchev–Trinajstić information content (AvgIpc) is 2.76. The molecular formula is C17H31N3O2. The van der Waals surface area contributed by atoms with Gasteiger partial charge in [0.1, 0.15) is 0 Å². The van der Waals surface area contributed by atoms with Crippen LogP contribution in [0.2, 0.25) is 0 Å². The van der Waals surface area contributed by atoms with E-state index in [1.807, 2.05) is 4.90 Å². The van der Waals surface area contributed by atoms with E-state index in [0.717, 1.165) is 25.9 Å². The van der Waals surface area contributed by atoms with Crippen LogP contribution in [0.5, 0.6) is 0 Å². The van der Waals surface area contributed by atoms with Gasteiger partial charge in [0, 0.05) is 32.1 Å². The van der Waals surface area contributed by atoms with Crippen molar-refractivity contribution in [3.8, 4) is 0 Å². The van der Waals surface area contributed by atoms with E-state index in [-0.39, 0.29) is 11.8 Å². The normalized spacial score (nSPS) is 20.5. The van der Waals surface area contributed by atoms with Crippen LogP contribution in [-0.4, -0.2) is 60.9 Å². The molecule has 0 radical (unpaired) electrons. The maximum atomic E-state index is 12.0. The number of hydrogen-bond donors (Lipinski definition) is 1. The third-order valence-corrected chi connectivity index (χ3v) is 4.94. The van der Waals surface area contributed by atoms with Gasteiger partial charge >= 0.3 is 0 Å². The molecule has 0 bridgehead atoms. The summed E-state index contributed by atoms with van der Waals surface area (Å²) in [6.07, 6.45) is 10.2. The largest absolute Gasteiger partial charge is 0.355 e.